The Labute approximate surface area is 227 Å². The Kier molecular flexibility index (Phi) is 16.8. The van der Waals surface area contributed by atoms with Gasteiger partial charge in [0, 0.05) is 89.5 Å². The fourth-order valence-electron chi connectivity index (χ4n) is 3.80. The number of nitrogens with one attached hydrogen (secondary N) is 2. The Morgan fingerprint density at radius 2 is 1.55 bits per heavy atom. The second-order valence-electron chi connectivity index (χ2n) is 8.50. The number of carbonyl (C=O) groups excluding carboxylic acids is 2. The van der Waals surface area contributed by atoms with Crippen molar-refractivity contribution in [3.05, 3.63) is 42.7 Å². The topological polar surface area (TPSA) is 125 Å². The zero-order valence-electron chi connectivity index (χ0n) is 23.9. The van der Waals surface area contributed by atoms with Gasteiger partial charge in [0.05, 0.1) is 5.69 Å². The van der Waals surface area contributed by atoms with Gasteiger partial charge >= 0.3 is 18.1 Å². The largest absolute Gasteiger partial charge is 0.460 e. The molecule has 2 aliphatic heterocycles. The van der Waals surface area contributed by atoms with E-state index in [2.05, 4.69) is 44.4 Å². The summed E-state index contributed by atoms with van der Waals surface area (Å²) in [4.78, 5) is 43.0. The number of nitrogens with zero attached hydrogens (tertiary/aromatic N) is 6. The molecule has 2 aliphatic rings. The van der Waals surface area contributed by atoms with Crippen LogP contribution in [0.2, 0.25) is 0 Å². The first-order valence-electron chi connectivity index (χ1n) is 13.7. The number of urea groups is 2. The highest BCUT2D eigenvalue weighted by Crippen LogP contribution is 2.24. The van der Waals surface area contributed by atoms with E-state index in [0.717, 1.165) is 38.0 Å². The molecule has 2 aromatic rings. The second-order valence-corrected chi connectivity index (χ2v) is 8.50. The average molecular weight is 531 g/mol. The number of rotatable bonds is 4. The van der Waals surface area contributed by atoms with Gasteiger partial charge < -0.3 is 25.2 Å². The fourth-order valence-corrected chi connectivity index (χ4v) is 3.80. The van der Waals surface area contributed by atoms with Crippen molar-refractivity contribution in [3.63, 3.8) is 0 Å². The maximum atomic E-state index is 11.6. The molecule has 11 nitrogen and oxygen atoms in total. The Morgan fingerprint density at radius 3 is 2.11 bits per heavy atom. The molecule has 0 aromatic carbocycles. The van der Waals surface area contributed by atoms with Gasteiger partial charge in [0.2, 0.25) is 0 Å². The van der Waals surface area contributed by atoms with Crippen LogP contribution in [-0.2, 0) is 0 Å². The molecular formula is C27H46N8O3. The van der Waals surface area contributed by atoms with Gasteiger partial charge in [-0.15, -0.1) is 0 Å². The van der Waals surface area contributed by atoms with Crippen LogP contribution >= 0.6 is 0 Å². The lowest BCUT2D eigenvalue weighted by Crippen LogP contribution is -2.46. The molecule has 0 spiro atoms. The third kappa shape index (κ3) is 11.7. The molecular weight excluding hydrogens is 484 g/mol. The van der Waals surface area contributed by atoms with Gasteiger partial charge in [0.25, 0.3) is 0 Å². The monoisotopic (exact) mass is 530 g/mol. The number of amides is 4. The normalized spacial score (nSPS) is 16.4. The van der Waals surface area contributed by atoms with Gasteiger partial charge in [-0.25, -0.2) is 19.6 Å². The third-order valence-corrected chi connectivity index (χ3v) is 5.56. The summed E-state index contributed by atoms with van der Waals surface area (Å²) in [5, 5.41) is 5.43. The first-order valence-corrected chi connectivity index (χ1v) is 13.7. The Balaban J connectivity index is 0.000000329. The first-order chi connectivity index (χ1) is 18.5. The van der Waals surface area contributed by atoms with E-state index in [1.807, 2.05) is 25.7 Å². The van der Waals surface area contributed by atoms with Crippen LogP contribution in [0.4, 0.5) is 9.59 Å². The van der Waals surface area contributed by atoms with Crippen molar-refractivity contribution in [2.75, 3.05) is 39.8 Å². The third-order valence-electron chi connectivity index (χ3n) is 5.56. The van der Waals surface area contributed by atoms with Crippen molar-refractivity contribution in [3.8, 4) is 6.01 Å². The molecule has 4 rings (SSSR count). The highest BCUT2D eigenvalue weighted by atomic mass is 16.5. The lowest BCUT2D eigenvalue weighted by atomic mass is 10.1. The van der Waals surface area contributed by atoms with Crippen molar-refractivity contribution < 1.29 is 14.3 Å². The highest BCUT2D eigenvalue weighted by molar-refractivity contribution is 5.74. The molecule has 0 bridgehead atoms. The maximum absolute atomic E-state index is 11.6. The van der Waals surface area contributed by atoms with Crippen molar-refractivity contribution in [2.45, 2.75) is 72.3 Å². The van der Waals surface area contributed by atoms with Gasteiger partial charge in [0.1, 0.15) is 6.10 Å². The van der Waals surface area contributed by atoms with Crippen LogP contribution in [0.5, 0.6) is 6.01 Å². The van der Waals surface area contributed by atoms with Gasteiger partial charge in [-0.1, -0.05) is 34.1 Å². The quantitative estimate of drug-likeness (QED) is 0.610. The lowest BCUT2D eigenvalue weighted by molar-refractivity contribution is 0.103. The van der Waals surface area contributed by atoms with Crippen LogP contribution in [-0.4, -0.2) is 87.7 Å². The highest BCUT2D eigenvalue weighted by Gasteiger charge is 2.27. The summed E-state index contributed by atoms with van der Waals surface area (Å²) in [6.45, 7) is 13.8. The van der Waals surface area contributed by atoms with Crippen LogP contribution in [0.15, 0.2) is 37.1 Å². The van der Waals surface area contributed by atoms with Crippen LogP contribution in [0.3, 0.4) is 0 Å². The fraction of sp³-hybridized carbons (Fsp3) is 0.630. The number of aromatic nitrogens is 4. The molecule has 2 N–H and O–H groups in total. The van der Waals surface area contributed by atoms with Crippen molar-refractivity contribution >= 4 is 12.1 Å². The van der Waals surface area contributed by atoms with Gasteiger partial charge in [-0.3, -0.25) is 9.97 Å². The zero-order valence-corrected chi connectivity index (χ0v) is 23.9. The summed E-state index contributed by atoms with van der Waals surface area (Å²) in [5.74, 6) is 0.330. The predicted molar refractivity (Wildman–Crippen MR) is 149 cm³/mol. The molecule has 0 saturated carbocycles. The molecule has 0 aliphatic carbocycles. The van der Waals surface area contributed by atoms with E-state index in [0.29, 0.717) is 31.6 Å². The molecule has 2 saturated heterocycles. The summed E-state index contributed by atoms with van der Waals surface area (Å²) < 4.78 is 5.66. The Morgan fingerprint density at radius 1 is 0.921 bits per heavy atom. The first kappa shape index (κ1) is 32.5. The number of hydrogen-bond acceptors (Lipinski definition) is 7. The van der Waals surface area contributed by atoms with Crippen molar-refractivity contribution in [1.29, 1.82) is 0 Å². The number of carbonyl (C=O) groups is 2. The summed E-state index contributed by atoms with van der Waals surface area (Å²) >= 11 is 0. The number of piperidine rings is 1. The van der Waals surface area contributed by atoms with Crippen LogP contribution in [0.25, 0.3) is 0 Å². The molecule has 212 valence electrons. The van der Waals surface area contributed by atoms with E-state index < -0.39 is 0 Å². The molecule has 1 unspecified atom stereocenters. The Hall–Kier alpha value is -3.50. The summed E-state index contributed by atoms with van der Waals surface area (Å²) in [7, 11) is 1.65. The summed E-state index contributed by atoms with van der Waals surface area (Å²) in [6, 6.07) is 2.16. The molecule has 11 heteroatoms. The minimum atomic E-state index is -0.0126. The maximum Gasteiger partial charge on any atom is 0.317 e. The molecule has 0 radical (unpaired) electrons. The Bertz CT molecular complexity index is 880. The van der Waals surface area contributed by atoms with E-state index >= 15 is 0 Å². The van der Waals surface area contributed by atoms with Crippen LogP contribution in [0, 0.1) is 0 Å². The molecule has 2 fully saturated rings. The number of likely N-dealkylation sites (tertiary alicyclic amines) is 2. The van der Waals surface area contributed by atoms with Crippen LogP contribution in [0.1, 0.15) is 71.9 Å². The van der Waals surface area contributed by atoms with Crippen molar-refractivity contribution in [1.82, 2.24) is 40.4 Å². The lowest BCUT2D eigenvalue weighted by Gasteiger charge is -2.31. The molecule has 4 heterocycles. The van der Waals surface area contributed by atoms with E-state index in [1.54, 1.807) is 49.0 Å². The molecule has 38 heavy (non-hydrogen) atoms. The number of hydrogen-bond donors (Lipinski definition) is 2. The molecule has 4 amide bonds. The minimum Gasteiger partial charge on any atom is -0.460 e. The smallest absolute Gasteiger partial charge is 0.317 e. The standard InChI is InChI=1S/C12H18N4O2.C10H14N4O.C3H8.C2H6/c1-2-13-12(17)16-8-4-10(5-9-16)18-11-14-6-3-7-15-11;1-11-10(15)14-5-2-8(7-14)9-6-12-3-4-13-9;1-3-2;1-2/h3,6-7,10H,2,4-5,8-9H2,1H3,(H,13,17);3-4,6,8H,2,5,7H2,1H3,(H,11,15);3H2,1-2H3;1-2H3. The molecule has 1 atom stereocenters. The number of ether oxygens (including phenoxy) is 1. The van der Waals surface area contributed by atoms with Gasteiger partial charge in [-0.2, -0.15) is 0 Å². The van der Waals surface area contributed by atoms with Crippen molar-refractivity contribution in [2.24, 2.45) is 0 Å². The van der Waals surface area contributed by atoms with E-state index in [4.69, 9.17) is 4.74 Å². The van der Waals surface area contributed by atoms with E-state index in [9.17, 15) is 9.59 Å². The average Bonchev–Trinajstić information content (AvgIpc) is 3.47. The van der Waals surface area contributed by atoms with Crippen LogP contribution < -0.4 is 15.4 Å². The summed E-state index contributed by atoms with van der Waals surface area (Å²) in [6.07, 6.45) is 12.4. The van der Waals surface area contributed by atoms with E-state index in [-0.39, 0.29) is 18.2 Å². The molecule has 2 aromatic heterocycles. The summed E-state index contributed by atoms with van der Waals surface area (Å²) in [5.41, 5.74) is 0.976. The SMILES string of the molecule is CC.CCC.CCNC(=O)N1CCC(Oc2ncccn2)CC1.CNC(=O)N1CCC(c2cnccn2)C1. The minimum absolute atomic E-state index is 0.00640. The van der Waals surface area contributed by atoms with Gasteiger partial charge in [-0.05, 0) is 19.4 Å². The van der Waals surface area contributed by atoms with Gasteiger partial charge in [0.15, 0.2) is 0 Å². The zero-order chi connectivity index (χ0) is 28.2. The van der Waals surface area contributed by atoms with E-state index in [1.165, 1.54) is 6.42 Å². The predicted octanol–water partition coefficient (Wildman–Crippen LogP) is 4.10. The second kappa shape index (κ2) is 19.6.